The minimum absolute atomic E-state index is 0.0320. The molecule has 0 aliphatic carbocycles. The second kappa shape index (κ2) is 11.2. The maximum absolute atomic E-state index is 13.7. The molecule has 2 heterocycles. The number of nitrogens with one attached hydrogen (secondary N) is 3. The number of rotatable bonds is 11. The average Bonchev–Trinajstić information content (AvgIpc) is 3.50. The zero-order valence-electron chi connectivity index (χ0n) is 18.4. The number of aliphatic imine (C=N–C) groups is 1. The summed E-state index contributed by atoms with van der Waals surface area (Å²) in [6, 6.07) is 8.58. The lowest BCUT2D eigenvalue weighted by Gasteiger charge is -2.35. The molecule has 174 valence electrons. The van der Waals surface area contributed by atoms with Gasteiger partial charge in [0.2, 0.25) is 17.5 Å². The molecule has 1 aromatic rings. The predicted molar refractivity (Wildman–Crippen MR) is 123 cm³/mol. The van der Waals surface area contributed by atoms with Crippen molar-refractivity contribution in [2.75, 3.05) is 19.6 Å². The Labute approximate surface area is 188 Å². The first-order chi connectivity index (χ1) is 15.4. The molecular weight excluding hydrogens is 408 g/mol. The first kappa shape index (κ1) is 23.9. The predicted octanol–water partition coefficient (Wildman–Crippen LogP) is -0.220. The van der Waals surface area contributed by atoms with Gasteiger partial charge in [0.05, 0.1) is 12.1 Å². The van der Waals surface area contributed by atoms with Crippen LogP contribution in [0, 0.1) is 0 Å². The number of nitrogens with two attached hydrogens (primary N) is 2. The highest BCUT2D eigenvalue weighted by Crippen LogP contribution is 2.24. The Kier molecular flexibility index (Phi) is 8.35. The van der Waals surface area contributed by atoms with Gasteiger partial charge >= 0.3 is 0 Å². The molecule has 0 aromatic heterocycles. The molecule has 2 aliphatic rings. The summed E-state index contributed by atoms with van der Waals surface area (Å²) in [6.07, 6.45) is 4.00. The van der Waals surface area contributed by atoms with Crippen molar-refractivity contribution in [3.05, 3.63) is 35.9 Å². The van der Waals surface area contributed by atoms with Gasteiger partial charge in [0.1, 0.15) is 5.54 Å². The third-order valence-electron chi connectivity index (χ3n) is 6.18. The molecule has 2 fully saturated rings. The van der Waals surface area contributed by atoms with E-state index in [0.717, 1.165) is 24.9 Å². The maximum Gasteiger partial charge on any atom is 0.237 e. The van der Waals surface area contributed by atoms with Crippen LogP contribution in [-0.4, -0.2) is 60.7 Å². The highest BCUT2D eigenvalue weighted by Gasteiger charge is 2.46. The van der Waals surface area contributed by atoms with E-state index in [2.05, 4.69) is 20.9 Å². The zero-order valence-corrected chi connectivity index (χ0v) is 18.4. The van der Waals surface area contributed by atoms with Gasteiger partial charge in [0.25, 0.3) is 0 Å². The Morgan fingerprint density at radius 1 is 1.03 bits per heavy atom. The van der Waals surface area contributed by atoms with E-state index in [1.54, 1.807) is 0 Å². The molecule has 3 rings (SSSR count). The van der Waals surface area contributed by atoms with Crippen LogP contribution in [0.4, 0.5) is 0 Å². The molecule has 0 saturated carbocycles. The van der Waals surface area contributed by atoms with E-state index < -0.39 is 23.1 Å². The number of guanidine groups is 1. The third-order valence-corrected chi connectivity index (χ3v) is 6.18. The summed E-state index contributed by atoms with van der Waals surface area (Å²) < 4.78 is 0. The highest BCUT2D eigenvalue weighted by molar-refractivity contribution is 6.42. The quantitative estimate of drug-likeness (QED) is 0.137. The van der Waals surface area contributed by atoms with Crippen LogP contribution in [0.25, 0.3) is 0 Å². The van der Waals surface area contributed by atoms with Crippen molar-refractivity contribution >= 4 is 23.4 Å². The van der Waals surface area contributed by atoms with Crippen molar-refractivity contribution in [2.24, 2.45) is 16.5 Å². The van der Waals surface area contributed by atoms with Gasteiger partial charge in [-0.3, -0.25) is 19.4 Å². The third kappa shape index (κ3) is 6.14. The Morgan fingerprint density at radius 2 is 1.69 bits per heavy atom. The summed E-state index contributed by atoms with van der Waals surface area (Å²) in [4.78, 5) is 44.0. The van der Waals surface area contributed by atoms with Crippen LogP contribution in [0.5, 0.6) is 0 Å². The van der Waals surface area contributed by atoms with Crippen LogP contribution >= 0.6 is 0 Å². The summed E-state index contributed by atoms with van der Waals surface area (Å²) >= 11 is 0. The number of ketones is 2. The summed E-state index contributed by atoms with van der Waals surface area (Å²) in [5, 5.41) is 9.29. The van der Waals surface area contributed by atoms with Gasteiger partial charge in [0.15, 0.2) is 5.96 Å². The second-order valence-corrected chi connectivity index (χ2v) is 8.64. The number of hydrogen-bond donors (Lipinski definition) is 5. The lowest BCUT2D eigenvalue weighted by atomic mass is 9.79. The molecule has 0 unspecified atom stereocenters. The number of benzene rings is 1. The Hall–Kier alpha value is -2.78. The molecule has 9 heteroatoms. The van der Waals surface area contributed by atoms with Crippen LogP contribution in [0.3, 0.4) is 0 Å². The standard InChI is InChI=1S/C23H34N6O3/c24-22(25)28-14-6-11-23(15-16-7-2-1-3-8-16,29-21(32)18-10-5-13-27-18)20(31)19(30)17-9-4-12-26-17/h1-3,7-8,17-18,26-27H,4-6,9-15H2,(H,29,32)(H4,24,25,28)/t17-,18-,23+/m0/s1. The van der Waals surface area contributed by atoms with E-state index in [0.29, 0.717) is 32.4 Å². The van der Waals surface area contributed by atoms with Crippen molar-refractivity contribution in [2.45, 2.75) is 62.6 Å². The highest BCUT2D eigenvalue weighted by atomic mass is 16.2. The Morgan fingerprint density at radius 3 is 2.28 bits per heavy atom. The molecule has 0 radical (unpaired) electrons. The second-order valence-electron chi connectivity index (χ2n) is 8.64. The molecular formula is C23H34N6O3. The molecule has 2 aliphatic heterocycles. The average molecular weight is 443 g/mol. The van der Waals surface area contributed by atoms with Gasteiger partial charge in [-0.15, -0.1) is 0 Å². The summed E-state index contributed by atoms with van der Waals surface area (Å²) in [5.74, 6) is -1.31. The van der Waals surface area contributed by atoms with Crippen molar-refractivity contribution in [1.29, 1.82) is 0 Å². The molecule has 0 spiro atoms. The van der Waals surface area contributed by atoms with Crippen LogP contribution < -0.4 is 27.4 Å². The SMILES string of the molecule is NC(N)=NCCC[C@](Cc1ccccc1)(NC(=O)[C@@H]1CCCN1)C(=O)C(=O)[C@@H]1CCCN1. The number of Topliss-reactive ketones (excluding diaryl/α,β-unsaturated/α-hetero) is 2. The monoisotopic (exact) mass is 442 g/mol. The summed E-state index contributed by atoms with van der Waals surface area (Å²) in [6.45, 7) is 1.77. The van der Waals surface area contributed by atoms with Gasteiger partial charge in [-0.05, 0) is 57.2 Å². The van der Waals surface area contributed by atoms with E-state index in [-0.39, 0.29) is 30.8 Å². The molecule has 2 saturated heterocycles. The number of hydrogen-bond acceptors (Lipinski definition) is 6. The van der Waals surface area contributed by atoms with Crippen molar-refractivity contribution in [3.63, 3.8) is 0 Å². The van der Waals surface area contributed by atoms with E-state index in [1.807, 2.05) is 30.3 Å². The lowest BCUT2D eigenvalue weighted by Crippen LogP contribution is -2.62. The largest absolute Gasteiger partial charge is 0.370 e. The maximum atomic E-state index is 13.7. The normalized spacial score (nSPS) is 22.1. The summed E-state index contributed by atoms with van der Waals surface area (Å²) in [7, 11) is 0. The lowest BCUT2D eigenvalue weighted by molar-refractivity contribution is -0.143. The van der Waals surface area contributed by atoms with Gasteiger partial charge in [-0.2, -0.15) is 0 Å². The van der Waals surface area contributed by atoms with Crippen LogP contribution in [0.2, 0.25) is 0 Å². The van der Waals surface area contributed by atoms with E-state index in [4.69, 9.17) is 11.5 Å². The fourth-order valence-corrected chi connectivity index (χ4v) is 4.51. The number of carbonyl (C=O) groups is 3. The van der Waals surface area contributed by atoms with E-state index in [9.17, 15) is 14.4 Å². The molecule has 0 bridgehead atoms. The molecule has 1 aromatic carbocycles. The molecule has 3 atom stereocenters. The van der Waals surface area contributed by atoms with Crippen LogP contribution in [0.15, 0.2) is 35.3 Å². The van der Waals surface area contributed by atoms with E-state index >= 15 is 0 Å². The van der Waals surface area contributed by atoms with Crippen molar-refractivity contribution in [3.8, 4) is 0 Å². The smallest absolute Gasteiger partial charge is 0.237 e. The number of nitrogens with zero attached hydrogens (tertiary/aromatic N) is 1. The summed E-state index contributed by atoms with van der Waals surface area (Å²) in [5.41, 5.74) is 10.4. The minimum atomic E-state index is -1.36. The van der Waals surface area contributed by atoms with Crippen LogP contribution in [-0.2, 0) is 20.8 Å². The fourth-order valence-electron chi connectivity index (χ4n) is 4.51. The molecule has 9 nitrogen and oxygen atoms in total. The number of amides is 1. The van der Waals surface area contributed by atoms with Gasteiger partial charge in [0, 0.05) is 13.0 Å². The fraction of sp³-hybridized carbons (Fsp3) is 0.565. The van der Waals surface area contributed by atoms with Gasteiger partial charge < -0.3 is 27.4 Å². The molecule has 7 N–H and O–H groups in total. The van der Waals surface area contributed by atoms with Gasteiger partial charge in [-0.25, -0.2) is 0 Å². The van der Waals surface area contributed by atoms with Crippen molar-refractivity contribution in [1.82, 2.24) is 16.0 Å². The number of carbonyl (C=O) groups excluding carboxylic acids is 3. The molecule has 1 amide bonds. The van der Waals surface area contributed by atoms with E-state index in [1.165, 1.54) is 0 Å². The Bertz CT molecular complexity index is 827. The van der Waals surface area contributed by atoms with Crippen LogP contribution in [0.1, 0.15) is 44.1 Å². The first-order valence-electron chi connectivity index (χ1n) is 11.4. The van der Waals surface area contributed by atoms with Gasteiger partial charge in [-0.1, -0.05) is 30.3 Å². The Balaban J connectivity index is 1.91. The zero-order chi connectivity index (χ0) is 23.0. The minimum Gasteiger partial charge on any atom is -0.370 e. The topological polar surface area (TPSA) is 152 Å². The first-order valence-corrected chi connectivity index (χ1v) is 11.4. The van der Waals surface area contributed by atoms with Crippen molar-refractivity contribution < 1.29 is 14.4 Å². The molecule has 32 heavy (non-hydrogen) atoms.